The maximum Gasteiger partial charge on any atom is 0.425 e. The van der Waals surface area contributed by atoms with Crippen molar-refractivity contribution < 1.29 is 82.8 Å². The van der Waals surface area contributed by atoms with Crippen LogP contribution in [0.5, 0.6) is 0 Å². The van der Waals surface area contributed by atoms with Gasteiger partial charge in [0.1, 0.15) is 0 Å². The second kappa shape index (κ2) is 44.2. The van der Waals surface area contributed by atoms with Crippen LogP contribution in [-0.4, -0.2) is 93.2 Å². The first kappa shape index (κ1) is 54.3. The SMILES string of the molecule is CC#CC#CC#CC#CC(NS(=O)(=O)COCF)S(=O)(=O)O.CCF.CF.FCF.FCF.O=S(=O)=O.O=S([O-])O. The van der Waals surface area contributed by atoms with Crippen LogP contribution in [0.4, 0.5) is 30.7 Å². The molecular formula is C17H23F7NO12S4-. The van der Waals surface area contributed by atoms with E-state index in [4.69, 9.17) is 30.5 Å². The van der Waals surface area contributed by atoms with Gasteiger partial charge < -0.3 is 13.8 Å². The van der Waals surface area contributed by atoms with Gasteiger partial charge in [0.25, 0.3) is 10.1 Å². The number of hydrogen-bond donors (Lipinski definition) is 3. The standard InChI is InChI=1S/C12H10FNO6S2.C2H5F.2CH2F2.CH3F.H2O3S.O3S/c1-2-3-4-5-6-7-8-9-12(22(17,18)19)14-21(15,16)11-20-10-13;1-2-3;2*2-1-3;1-2;2*1-4(2)3/h12,14H,10-11H2,1H3,(H,17,18,19);2H2,1H3;2*1H2;1H3;(H2,1,2,3);/p-1. The van der Waals surface area contributed by atoms with Crippen LogP contribution < -0.4 is 4.72 Å². The minimum absolute atomic E-state index is 0.250. The number of sulfonamides is 1. The Morgan fingerprint density at radius 1 is 0.854 bits per heavy atom. The van der Waals surface area contributed by atoms with Crippen molar-refractivity contribution in [2.24, 2.45) is 0 Å². The van der Waals surface area contributed by atoms with Crippen molar-refractivity contribution in [1.82, 2.24) is 4.72 Å². The van der Waals surface area contributed by atoms with E-state index in [0.717, 1.165) is 0 Å². The van der Waals surface area contributed by atoms with Crippen LogP contribution in [-0.2, 0) is 46.8 Å². The van der Waals surface area contributed by atoms with E-state index in [-0.39, 0.29) is 6.67 Å². The highest BCUT2D eigenvalue weighted by atomic mass is 32.2. The first-order valence-electron chi connectivity index (χ1n) is 8.69. The average Bonchev–Trinajstić information content (AvgIpc) is 2.83. The molecule has 0 bridgehead atoms. The Morgan fingerprint density at radius 2 is 1.15 bits per heavy atom. The van der Waals surface area contributed by atoms with Crippen molar-refractivity contribution in [3.63, 3.8) is 0 Å². The first-order chi connectivity index (χ1) is 18.9. The summed E-state index contributed by atoms with van der Waals surface area (Å²) in [4.78, 5) is 0. The molecular weight excluding hydrogens is 671 g/mol. The number of nitrogens with one attached hydrogen (secondary N) is 1. The minimum Gasteiger partial charge on any atom is -0.750 e. The zero-order chi connectivity index (χ0) is 34.3. The fourth-order valence-corrected chi connectivity index (χ4v) is 2.66. The maximum absolute atomic E-state index is 11.7. The number of hydrogen-bond acceptors (Lipinski definition) is 10. The Morgan fingerprint density at radius 3 is 1.41 bits per heavy atom. The van der Waals surface area contributed by atoms with E-state index in [2.05, 4.69) is 40.3 Å². The first-order valence-corrected chi connectivity index (χ1v) is 13.9. The zero-order valence-corrected chi connectivity index (χ0v) is 24.1. The van der Waals surface area contributed by atoms with Gasteiger partial charge in [-0.3, -0.25) is 13.3 Å². The Kier molecular flexibility index (Phi) is 58.6. The molecule has 2 atom stereocenters. The lowest BCUT2D eigenvalue weighted by atomic mass is 10.5. The molecule has 0 spiro atoms. The van der Waals surface area contributed by atoms with Crippen molar-refractivity contribution in [3.05, 3.63) is 0 Å². The molecule has 0 heterocycles. The molecule has 0 fully saturated rings. The molecule has 0 saturated carbocycles. The molecule has 0 aliphatic heterocycles. The molecule has 0 saturated heterocycles. The normalized spacial score (nSPS) is 9.59. The second-order valence-electron chi connectivity index (χ2n) is 4.09. The lowest BCUT2D eigenvalue weighted by Crippen LogP contribution is -2.41. The highest BCUT2D eigenvalue weighted by Gasteiger charge is 2.26. The van der Waals surface area contributed by atoms with Gasteiger partial charge in [0.05, 0.1) is 25.2 Å². The summed E-state index contributed by atoms with van der Waals surface area (Å²) < 4.78 is 178. The average molecular weight is 695 g/mol. The monoisotopic (exact) mass is 694 g/mol. The molecule has 0 aliphatic rings. The fourth-order valence-electron chi connectivity index (χ4n) is 0.792. The van der Waals surface area contributed by atoms with E-state index in [0.29, 0.717) is 7.18 Å². The van der Waals surface area contributed by atoms with Crippen molar-refractivity contribution in [1.29, 1.82) is 0 Å². The predicted molar refractivity (Wildman–Crippen MR) is 130 cm³/mol. The van der Waals surface area contributed by atoms with Gasteiger partial charge in [-0.25, -0.2) is 34.6 Å². The van der Waals surface area contributed by atoms with Gasteiger partial charge in [0.2, 0.25) is 29.3 Å². The van der Waals surface area contributed by atoms with E-state index in [9.17, 15) is 47.6 Å². The van der Waals surface area contributed by atoms with Crippen LogP contribution in [0.1, 0.15) is 13.8 Å². The van der Waals surface area contributed by atoms with E-state index in [1.807, 2.05) is 11.8 Å². The molecule has 2 unspecified atom stereocenters. The third kappa shape index (κ3) is 93.5. The molecule has 41 heavy (non-hydrogen) atoms. The van der Waals surface area contributed by atoms with Gasteiger partial charge in [-0.2, -0.15) is 13.1 Å². The largest absolute Gasteiger partial charge is 0.750 e. The molecule has 0 radical (unpaired) electrons. The van der Waals surface area contributed by atoms with Gasteiger partial charge in [-0.05, 0) is 55.3 Å². The van der Waals surface area contributed by atoms with E-state index >= 15 is 0 Å². The van der Waals surface area contributed by atoms with Gasteiger partial charge in [0, 0.05) is 0 Å². The summed E-state index contributed by atoms with van der Waals surface area (Å²) in [5.41, 5.74) is 0. The summed E-state index contributed by atoms with van der Waals surface area (Å²) in [5, 5.41) is -2.17. The number of halogens is 7. The highest BCUT2D eigenvalue weighted by molar-refractivity contribution is 7.91. The van der Waals surface area contributed by atoms with Gasteiger partial charge in [-0.15, -0.1) is 12.6 Å². The number of ether oxygens (including phenoxy) is 1. The third-order valence-electron chi connectivity index (χ3n) is 1.54. The lowest BCUT2D eigenvalue weighted by Gasteiger charge is -2.09. The molecule has 0 rings (SSSR count). The molecule has 0 aromatic heterocycles. The van der Waals surface area contributed by atoms with Crippen LogP contribution in [0.2, 0.25) is 0 Å². The van der Waals surface area contributed by atoms with E-state index < -0.39 is 74.1 Å². The predicted octanol–water partition coefficient (Wildman–Crippen LogP) is 0.716. The van der Waals surface area contributed by atoms with Crippen LogP contribution >= 0.6 is 0 Å². The summed E-state index contributed by atoms with van der Waals surface area (Å²) in [6.07, 6.45) is 0. The summed E-state index contributed by atoms with van der Waals surface area (Å²) in [7, 11) is -11.8. The van der Waals surface area contributed by atoms with Crippen LogP contribution in [0.25, 0.3) is 0 Å². The Balaban J connectivity index is -0.0000000987. The second-order valence-corrected chi connectivity index (χ2v) is 8.14. The van der Waals surface area contributed by atoms with Crippen LogP contribution in [0.3, 0.4) is 0 Å². The highest BCUT2D eigenvalue weighted by Crippen LogP contribution is 1.98. The molecule has 0 aromatic carbocycles. The molecule has 0 aliphatic carbocycles. The van der Waals surface area contributed by atoms with Crippen molar-refractivity contribution >= 4 is 42.1 Å². The third-order valence-corrected chi connectivity index (χ3v) is 3.59. The Labute approximate surface area is 236 Å². The maximum atomic E-state index is 11.7. The van der Waals surface area contributed by atoms with Crippen molar-refractivity contribution in [2.75, 3.05) is 40.5 Å². The van der Waals surface area contributed by atoms with Crippen molar-refractivity contribution in [2.45, 2.75) is 19.2 Å². The molecule has 24 heteroatoms. The lowest BCUT2D eigenvalue weighted by molar-refractivity contribution is 0.0881. The van der Waals surface area contributed by atoms with Gasteiger partial charge >= 0.3 is 10.6 Å². The number of alkyl halides is 7. The molecule has 242 valence electrons. The molecule has 13 nitrogen and oxygen atoms in total. The zero-order valence-electron chi connectivity index (χ0n) is 20.9. The van der Waals surface area contributed by atoms with E-state index in [1.54, 1.807) is 6.92 Å². The molecule has 0 amide bonds. The van der Waals surface area contributed by atoms with Crippen LogP contribution in [0.15, 0.2) is 0 Å². The summed E-state index contributed by atoms with van der Waals surface area (Å²) >= 11 is -2.86. The Bertz CT molecular complexity index is 1190. The summed E-state index contributed by atoms with van der Waals surface area (Å²) in [6, 6.07) is 0. The summed E-state index contributed by atoms with van der Waals surface area (Å²) in [5.74, 6) is 16.6. The number of rotatable bonds is 6. The Hall–Kier alpha value is -2.78. The van der Waals surface area contributed by atoms with Gasteiger partial charge in [0.15, 0.2) is 12.8 Å². The molecule has 0 aromatic rings. The van der Waals surface area contributed by atoms with Gasteiger partial charge in [-0.1, -0.05) is 5.92 Å². The summed E-state index contributed by atoms with van der Waals surface area (Å²) in [6.45, 7) is -2.11. The quantitative estimate of drug-likeness (QED) is 0.152. The van der Waals surface area contributed by atoms with E-state index in [1.165, 1.54) is 11.6 Å². The smallest absolute Gasteiger partial charge is 0.425 e. The topological polar surface area (TPSA) is 221 Å². The minimum atomic E-state index is -4.86. The fraction of sp³-hybridized carbons (Fsp3) is 0.529. The van der Waals surface area contributed by atoms with Crippen molar-refractivity contribution in [3.8, 4) is 47.4 Å². The van der Waals surface area contributed by atoms with Crippen LogP contribution in [0, 0.1) is 47.4 Å². The molecule has 3 N–H and O–H groups in total.